The number of carboxylic acids is 1. The monoisotopic (exact) mass is 395 g/mol. The van der Waals surface area contributed by atoms with Crippen molar-refractivity contribution in [1.29, 1.82) is 0 Å². The van der Waals surface area contributed by atoms with E-state index < -0.39 is 42.5 Å². The molecule has 0 aliphatic rings. The minimum atomic E-state index is -4.44. The van der Waals surface area contributed by atoms with Crippen molar-refractivity contribution in [1.82, 2.24) is 0 Å². The maximum Gasteiger partial charge on any atom is 0.416 e. The Morgan fingerprint density at radius 3 is 2.29 bits per heavy atom. The molecule has 148 valence electrons. The summed E-state index contributed by atoms with van der Waals surface area (Å²) in [6.45, 7) is -0.728. The smallest absolute Gasteiger partial charge is 0.416 e. The summed E-state index contributed by atoms with van der Waals surface area (Å²) in [5.74, 6) is -2.94. The van der Waals surface area contributed by atoms with Crippen LogP contribution >= 0.6 is 0 Å². The van der Waals surface area contributed by atoms with E-state index in [0.29, 0.717) is 11.3 Å². The van der Waals surface area contributed by atoms with E-state index in [2.05, 4.69) is 4.74 Å². The molecule has 0 aromatic heterocycles. The normalized spacial score (nSPS) is 11.0. The molecule has 28 heavy (non-hydrogen) atoms. The molecule has 0 heterocycles. The zero-order chi connectivity index (χ0) is 20.7. The fourth-order valence-corrected chi connectivity index (χ4v) is 2.14. The van der Waals surface area contributed by atoms with E-state index in [0.717, 1.165) is 12.1 Å². The highest BCUT2D eigenvalue weighted by Gasteiger charge is 2.30. The van der Waals surface area contributed by atoms with Crippen LogP contribution in [0.15, 0.2) is 48.5 Å². The third kappa shape index (κ3) is 6.42. The zero-order valence-corrected chi connectivity index (χ0v) is 14.3. The van der Waals surface area contributed by atoms with E-state index in [-0.39, 0.29) is 12.2 Å². The molecule has 0 bridgehead atoms. The number of halogens is 3. The van der Waals surface area contributed by atoms with E-state index in [4.69, 9.17) is 4.74 Å². The summed E-state index contributed by atoms with van der Waals surface area (Å²) in [7, 11) is 0. The molecule has 0 amide bonds. The average molecular weight is 395 g/mol. The van der Waals surface area contributed by atoms with Crippen LogP contribution in [0.4, 0.5) is 13.2 Å². The van der Waals surface area contributed by atoms with Crippen molar-refractivity contribution in [2.45, 2.75) is 19.2 Å². The number of carbonyl (C=O) groups excluding carboxylic acids is 3. The second-order valence-corrected chi connectivity index (χ2v) is 5.64. The second-order valence-electron chi connectivity index (χ2n) is 5.64. The number of ether oxygens (including phenoxy) is 2. The summed E-state index contributed by atoms with van der Waals surface area (Å²) in [5, 5.41) is 10.2. The van der Waals surface area contributed by atoms with Crippen molar-refractivity contribution in [2.75, 3.05) is 6.61 Å². The van der Waals surface area contributed by atoms with Gasteiger partial charge in [-0.25, -0.2) is 0 Å². The Balaban J connectivity index is 1.90. The van der Waals surface area contributed by atoms with Crippen LogP contribution in [0.1, 0.15) is 27.9 Å². The fourth-order valence-electron chi connectivity index (χ4n) is 2.14. The van der Waals surface area contributed by atoms with Crippen molar-refractivity contribution >= 4 is 17.7 Å². The minimum absolute atomic E-state index is 0.0992. The van der Waals surface area contributed by atoms with Gasteiger partial charge in [0.2, 0.25) is 0 Å². The zero-order valence-electron chi connectivity index (χ0n) is 14.3. The van der Waals surface area contributed by atoms with Crippen LogP contribution in [0.3, 0.4) is 0 Å². The summed E-state index contributed by atoms with van der Waals surface area (Å²) < 4.78 is 48.0. The lowest BCUT2D eigenvalue weighted by molar-refractivity contribution is -0.305. The SMILES string of the molecule is O=C([O-])CC(=O)OCC(=O)c1ccc(OCc2cccc(C(F)(F)F)c2)cc1. The van der Waals surface area contributed by atoms with Crippen LogP contribution in [-0.4, -0.2) is 24.3 Å². The maximum absolute atomic E-state index is 12.7. The van der Waals surface area contributed by atoms with Crippen molar-refractivity contribution in [2.24, 2.45) is 0 Å². The van der Waals surface area contributed by atoms with Gasteiger partial charge in [-0.1, -0.05) is 12.1 Å². The quantitative estimate of drug-likeness (QED) is 0.386. The Bertz CT molecular complexity index is 859. The van der Waals surface area contributed by atoms with Gasteiger partial charge in [0.05, 0.1) is 18.0 Å². The predicted molar refractivity (Wildman–Crippen MR) is 87.1 cm³/mol. The predicted octanol–water partition coefficient (Wildman–Crippen LogP) is 2.15. The highest BCUT2D eigenvalue weighted by molar-refractivity contribution is 5.98. The van der Waals surface area contributed by atoms with Gasteiger partial charge < -0.3 is 19.4 Å². The van der Waals surface area contributed by atoms with Crippen LogP contribution < -0.4 is 9.84 Å². The lowest BCUT2D eigenvalue weighted by Gasteiger charge is -2.10. The molecule has 9 heteroatoms. The lowest BCUT2D eigenvalue weighted by Crippen LogP contribution is -2.27. The Morgan fingerprint density at radius 1 is 1.00 bits per heavy atom. The molecule has 0 saturated heterocycles. The largest absolute Gasteiger partial charge is 0.550 e. The molecular weight excluding hydrogens is 381 g/mol. The number of rotatable bonds is 8. The molecule has 0 spiro atoms. The molecule has 0 saturated carbocycles. The number of benzene rings is 2. The number of Topliss-reactive ketones (excluding diaryl/α,β-unsaturated/α-hetero) is 1. The molecule has 2 aromatic rings. The topological polar surface area (TPSA) is 92.7 Å². The first-order chi connectivity index (χ1) is 13.1. The summed E-state index contributed by atoms with van der Waals surface area (Å²) in [4.78, 5) is 33.2. The molecule has 0 radical (unpaired) electrons. The van der Waals surface area contributed by atoms with Crippen molar-refractivity contribution < 1.29 is 42.1 Å². The molecule has 0 aliphatic heterocycles. The molecule has 0 atom stereocenters. The Morgan fingerprint density at radius 2 is 1.68 bits per heavy atom. The third-order valence-electron chi connectivity index (χ3n) is 3.49. The summed E-state index contributed by atoms with van der Waals surface area (Å²) in [6, 6.07) is 10.4. The Kier molecular flexibility index (Phi) is 6.75. The standard InChI is InChI=1S/C19H15F3O6/c20-19(21,22)14-3-1-2-12(8-14)10-27-15-6-4-13(5-7-15)16(23)11-28-18(26)9-17(24)25/h1-8H,9-11H2,(H,24,25)/p-1. The maximum atomic E-state index is 12.7. The molecule has 2 rings (SSSR count). The van der Waals surface area contributed by atoms with E-state index in [9.17, 15) is 32.7 Å². The van der Waals surface area contributed by atoms with E-state index >= 15 is 0 Å². The van der Waals surface area contributed by atoms with Gasteiger partial charge in [0.25, 0.3) is 0 Å². The number of ketones is 1. The number of hydrogen-bond acceptors (Lipinski definition) is 6. The molecule has 0 fully saturated rings. The first-order valence-electron chi connectivity index (χ1n) is 7.93. The minimum Gasteiger partial charge on any atom is -0.550 e. The van der Waals surface area contributed by atoms with Crippen molar-refractivity contribution in [3.63, 3.8) is 0 Å². The summed E-state index contributed by atoms with van der Waals surface area (Å²) >= 11 is 0. The van der Waals surface area contributed by atoms with Gasteiger partial charge in [0.15, 0.2) is 12.4 Å². The highest BCUT2D eigenvalue weighted by Crippen LogP contribution is 2.29. The highest BCUT2D eigenvalue weighted by atomic mass is 19.4. The number of hydrogen-bond donors (Lipinski definition) is 0. The van der Waals surface area contributed by atoms with Gasteiger partial charge in [-0.15, -0.1) is 0 Å². The van der Waals surface area contributed by atoms with Crippen LogP contribution in [0, 0.1) is 0 Å². The van der Waals surface area contributed by atoms with Crippen LogP contribution in [-0.2, 0) is 27.1 Å². The van der Waals surface area contributed by atoms with Crippen molar-refractivity contribution in [3.05, 3.63) is 65.2 Å². The van der Waals surface area contributed by atoms with Gasteiger partial charge in [-0.3, -0.25) is 9.59 Å². The first-order valence-corrected chi connectivity index (χ1v) is 7.93. The van der Waals surface area contributed by atoms with E-state index in [1.165, 1.54) is 36.4 Å². The molecule has 0 aliphatic carbocycles. The van der Waals surface area contributed by atoms with Gasteiger partial charge in [0, 0.05) is 5.56 Å². The molecule has 0 N–H and O–H groups in total. The molecule has 2 aromatic carbocycles. The molecule has 6 nitrogen and oxygen atoms in total. The Labute approximate surface area is 157 Å². The lowest BCUT2D eigenvalue weighted by atomic mass is 10.1. The number of alkyl halides is 3. The van der Waals surface area contributed by atoms with Crippen LogP contribution in [0.5, 0.6) is 5.75 Å². The van der Waals surface area contributed by atoms with Crippen molar-refractivity contribution in [3.8, 4) is 5.75 Å². The summed E-state index contributed by atoms with van der Waals surface area (Å²) in [6.07, 6.45) is -5.39. The number of esters is 1. The van der Waals surface area contributed by atoms with Gasteiger partial charge >= 0.3 is 12.1 Å². The van der Waals surface area contributed by atoms with Crippen LogP contribution in [0.25, 0.3) is 0 Å². The van der Waals surface area contributed by atoms with E-state index in [1.807, 2.05) is 0 Å². The van der Waals surface area contributed by atoms with Crippen LogP contribution in [0.2, 0.25) is 0 Å². The third-order valence-corrected chi connectivity index (χ3v) is 3.49. The van der Waals surface area contributed by atoms with Gasteiger partial charge in [0.1, 0.15) is 12.4 Å². The van der Waals surface area contributed by atoms with E-state index in [1.54, 1.807) is 0 Å². The molecular formula is C19H14F3O6-. The number of carbonyl (C=O) groups is 3. The average Bonchev–Trinajstić information content (AvgIpc) is 2.64. The first kappa shape index (κ1) is 20.9. The second kappa shape index (κ2) is 9.03. The summed E-state index contributed by atoms with van der Waals surface area (Å²) in [5.41, 5.74) is -0.259. The number of aliphatic carboxylic acids is 1. The van der Waals surface area contributed by atoms with Gasteiger partial charge in [-0.05, 0) is 42.0 Å². The van der Waals surface area contributed by atoms with Gasteiger partial charge in [-0.2, -0.15) is 13.2 Å². The fraction of sp³-hybridized carbons (Fsp3) is 0.211. The molecule has 0 unspecified atom stereocenters. The Hall–Kier alpha value is -3.36. The number of carboxylic acid groups (broad SMARTS) is 1.